The van der Waals surface area contributed by atoms with Crippen molar-refractivity contribution in [3.63, 3.8) is 0 Å². The fourth-order valence-electron chi connectivity index (χ4n) is 4.05. The Balaban J connectivity index is 1.44. The van der Waals surface area contributed by atoms with Crippen LogP contribution in [0, 0.1) is 0 Å². The van der Waals surface area contributed by atoms with Crippen LogP contribution in [0.15, 0.2) is 53.0 Å². The molecule has 1 aliphatic heterocycles. The Kier molecular flexibility index (Phi) is 6.07. The molecule has 1 saturated heterocycles. The summed E-state index contributed by atoms with van der Waals surface area (Å²) in [7, 11) is -4.09. The van der Waals surface area contributed by atoms with E-state index in [0.29, 0.717) is 15.1 Å². The zero-order valence-corrected chi connectivity index (χ0v) is 20.8. The van der Waals surface area contributed by atoms with Crippen molar-refractivity contribution in [3.8, 4) is 0 Å². The average molecular weight is 536 g/mol. The largest absolute Gasteiger partial charge is 0.481 e. The van der Waals surface area contributed by atoms with E-state index in [4.69, 9.17) is 11.6 Å². The Morgan fingerprint density at radius 2 is 1.91 bits per heavy atom. The number of amides is 1. The maximum absolute atomic E-state index is 13.5. The number of hydrogen-bond acceptors (Lipinski definition) is 7. The summed E-state index contributed by atoms with van der Waals surface area (Å²) < 4.78 is 29.8. The standard InChI is InChI=1S/C22H18ClN3O5S3/c23-15-2-1-13-8-21(33-18(13)9-15)34(30,31)26-6-5-25(22(29)17(26)10-20(27)28)12-16-7-14-3-4-24-11-19(14)32-16/h1-4,7-9,11,17H,5-6,10,12H2,(H,27,28). The van der Waals surface area contributed by atoms with Gasteiger partial charge in [-0.1, -0.05) is 17.7 Å². The minimum atomic E-state index is -4.09. The molecule has 0 bridgehead atoms. The van der Waals surface area contributed by atoms with Gasteiger partial charge in [0.25, 0.3) is 10.0 Å². The molecule has 1 N–H and O–H groups in total. The fraction of sp³-hybridized carbons (Fsp3) is 0.227. The normalized spacial score (nSPS) is 17.6. The smallest absolute Gasteiger partial charge is 0.305 e. The van der Waals surface area contributed by atoms with Gasteiger partial charge in [0.2, 0.25) is 5.91 Å². The number of piperazine rings is 1. The number of carbonyl (C=O) groups is 2. The highest BCUT2D eigenvalue weighted by molar-refractivity contribution is 7.91. The number of aromatic nitrogens is 1. The van der Waals surface area contributed by atoms with Crippen LogP contribution in [-0.4, -0.2) is 58.7 Å². The Labute approximate surface area is 208 Å². The summed E-state index contributed by atoms with van der Waals surface area (Å²) in [6, 6.07) is 9.14. The molecule has 12 heteroatoms. The van der Waals surface area contributed by atoms with Crippen molar-refractivity contribution in [2.75, 3.05) is 13.1 Å². The maximum atomic E-state index is 13.5. The lowest BCUT2D eigenvalue weighted by molar-refractivity contribution is -0.147. The third-order valence-corrected chi connectivity index (χ3v) is 10.4. The number of carboxylic acid groups (broad SMARTS) is 1. The van der Waals surface area contributed by atoms with Gasteiger partial charge < -0.3 is 10.0 Å². The molecule has 0 saturated carbocycles. The molecule has 8 nitrogen and oxygen atoms in total. The Morgan fingerprint density at radius 3 is 2.68 bits per heavy atom. The van der Waals surface area contributed by atoms with Gasteiger partial charge in [-0.15, -0.1) is 22.7 Å². The minimum absolute atomic E-state index is 0.00741. The maximum Gasteiger partial charge on any atom is 0.305 e. The van der Waals surface area contributed by atoms with Crippen molar-refractivity contribution in [1.82, 2.24) is 14.2 Å². The van der Waals surface area contributed by atoms with Crippen molar-refractivity contribution in [2.24, 2.45) is 0 Å². The monoisotopic (exact) mass is 535 g/mol. The molecule has 0 aliphatic carbocycles. The number of pyridine rings is 1. The minimum Gasteiger partial charge on any atom is -0.481 e. The van der Waals surface area contributed by atoms with Gasteiger partial charge in [0.1, 0.15) is 10.3 Å². The van der Waals surface area contributed by atoms with Crippen molar-refractivity contribution in [2.45, 2.75) is 23.2 Å². The highest BCUT2D eigenvalue weighted by atomic mass is 35.5. The predicted octanol–water partition coefficient (Wildman–Crippen LogP) is 4.04. The van der Waals surface area contributed by atoms with Crippen LogP contribution in [0.4, 0.5) is 0 Å². The van der Waals surface area contributed by atoms with Gasteiger partial charge in [-0.05, 0) is 41.1 Å². The summed E-state index contributed by atoms with van der Waals surface area (Å²) in [6.45, 7) is 0.453. The number of aliphatic carboxylic acids is 1. The molecule has 34 heavy (non-hydrogen) atoms. The Bertz CT molecular complexity index is 1500. The summed E-state index contributed by atoms with van der Waals surface area (Å²) in [6.07, 6.45) is 2.83. The third-order valence-electron chi connectivity index (χ3n) is 5.65. The Morgan fingerprint density at radius 1 is 1.12 bits per heavy atom. The highest BCUT2D eigenvalue weighted by Crippen LogP contribution is 2.35. The lowest BCUT2D eigenvalue weighted by Crippen LogP contribution is -2.58. The molecule has 4 heterocycles. The van der Waals surface area contributed by atoms with Crippen molar-refractivity contribution in [1.29, 1.82) is 0 Å². The zero-order valence-electron chi connectivity index (χ0n) is 17.5. The van der Waals surface area contributed by atoms with Crippen LogP contribution in [0.5, 0.6) is 0 Å². The molecule has 4 aromatic rings. The van der Waals surface area contributed by atoms with Crippen LogP contribution in [0.25, 0.3) is 20.2 Å². The van der Waals surface area contributed by atoms with E-state index in [0.717, 1.165) is 30.6 Å². The van der Waals surface area contributed by atoms with E-state index >= 15 is 0 Å². The number of sulfonamides is 1. The van der Waals surface area contributed by atoms with Crippen molar-refractivity contribution in [3.05, 3.63) is 58.7 Å². The van der Waals surface area contributed by atoms with E-state index in [1.54, 1.807) is 30.6 Å². The number of benzene rings is 1. The Hall–Kier alpha value is -2.57. The number of halogens is 1. The first-order chi connectivity index (χ1) is 16.2. The first-order valence-corrected chi connectivity index (χ1v) is 13.7. The van der Waals surface area contributed by atoms with Gasteiger partial charge in [-0.3, -0.25) is 14.6 Å². The number of thiophene rings is 2. The highest BCUT2D eigenvalue weighted by Gasteiger charge is 2.43. The molecule has 1 amide bonds. The average Bonchev–Trinajstić information content (AvgIpc) is 3.39. The van der Waals surface area contributed by atoms with Crippen molar-refractivity contribution >= 4 is 76.3 Å². The molecule has 0 spiro atoms. The van der Waals surface area contributed by atoms with Gasteiger partial charge in [-0.2, -0.15) is 4.31 Å². The number of carboxylic acids is 1. The first-order valence-electron chi connectivity index (χ1n) is 10.3. The summed E-state index contributed by atoms with van der Waals surface area (Å²) >= 11 is 8.58. The zero-order chi connectivity index (χ0) is 24.0. The summed E-state index contributed by atoms with van der Waals surface area (Å²) in [5.74, 6) is -1.76. The van der Waals surface area contributed by atoms with E-state index in [9.17, 15) is 23.1 Å². The molecule has 176 valence electrons. The van der Waals surface area contributed by atoms with Gasteiger partial charge in [0.15, 0.2) is 0 Å². The van der Waals surface area contributed by atoms with Crippen LogP contribution in [-0.2, 0) is 26.2 Å². The first kappa shape index (κ1) is 23.2. The second-order valence-electron chi connectivity index (χ2n) is 7.86. The summed E-state index contributed by atoms with van der Waals surface area (Å²) in [4.78, 5) is 31.4. The van der Waals surface area contributed by atoms with Gasteiger partial charge >= 0.3 is 5.97 Å². The van der Waals surface area contributed by atoms with Crippen LogP contribution >= 0.6 is 34.3 Å². The van der Waals surface area contributed by atoms with Crippen LogP contribution in [0.3, 0.4) is 0 Å². The number of fused-ring (bicyclic) bond motifs is 2. The number of rotatable bonds is 6. The molecule has 1 atom stereocenters. The molecule has 3 aromatic heterocycles. The van der Waals surface area contributed by atoms with E-state index < -0.39 is 34.4 Å². The van der Waals surface area contributed by atoms with Gasteiger partial charge in [0.05, 0.1) is 17.7 Å². The molecule has 0 radical (unpaired) electrons. The number of nitrogens with zero attached hydrogens (tertiary/aromatic N) is 3. The lowest BCUT2D eigenvalue weighted by Gasteiger charge is -2.38. The molecule has 1 unspecified atom stereocenters. The van der Waals surface area contributed by atoms with Crippen LogP contribution in [0.1, 0.15) is 11.3 Å². The topological polar surface area (TPSA) is 108 Å². The summed E-state index contributed by atoms with van der Waals surface area (Å²) in [5, 5.41) is 11.7. The van der Waals surface area contributed by atoms with E-state index in [1.165, 1.54) is 22.3 Å². The van der Waals surface area contributed by atoms with Crippen LogP contribution < -0.4 is 0 Å². The van der Waals surface area contributed by atoms with Gasteiger partial charge in [-0.25, -0.2) is 8.42 Å². The van der Waals surface area contributed by atoms with Gasteiger partial charge in [0, 0.05) is 40.1 Å². The summed E-state index contributed by atoms with van der Waals surface area (Å²) in [5.41, 5.74) is 0. The number of hydrogen-bond donors (Lipinski definition) is 1. The quantitative estimate of drug-likeness (QED) is 0.399. The SMILES string of the molecule is O=C(O)CC1C(=O)N(Cc2cc3ccncc3s2)CCN1S(=O)(=O)c1cc2ccc(Cl)cc2s1. The third kappa shape index (κ3) is 4.29. The molecule has 1 fully saturated rings. The van der Waals surface area contributed by atoms with Crippen LogP contribution in [0.2, 0.25) is 5.02 Å². The second kappa shape index (κ2) is 8.90. The number of carbonyl (C=O) groups excluding carboxylic acids is 1. The second-order valence-corrected chi connectivity index (χ2v) is 12.7. The fourth-order valence-corrected chi connectivity index (χ4v) is 8.47. The van der Waals surface area contributed by atoms with Crippen molar-refractivity contribution < 1.29 is 23.1 Å². The molecule has 5 rings (SSSR count). The molecule has 1 aromatic carbocycles. The molecular weight excluding hydrogens is 518 g/mol. The van der Waals surface area contributed by atoms with E-state index in [-0.39, 0.29) is 23.8 Å². The van der Waals surface area contributed by atoms with E-state index in [2.05, 4.69) is 4.98 Å². The predicted molar refractivity (Wildman–Crippen MR) is 132 cm³/mol. The van der Waals surface area contributed by atoms with E-state index in [1.807, 2.05) is 12.1 Å². The molecule has 1 aliphatic rings. The lowest BCUT2D eigenvalue weighted by atomic mass is 10.1. The molecular formula is C22H18ClN3O5S3.